The van der Waals surface area contributed by atoms with E-state index in [1.807, 2.05) is 18.2 Å². The van der Waals surface area contributed by atoms with Crippen LogP contribution in [0.5, 0.6) is 5.75 Å². The summed E-state index contributed by atoms with van der Waals surface area (Å²) in [6, 6.07) is 20.3. The molecule has 1 N–H and O–H groups in total. The van der Waals surface area contributed by atoms with Crippen molar-refractivity contribution in [3.05, 3.63) is 101 Å². The number of anilines is 1. The lowest BCUT2D eigenvalue weighted by Crippen LogP contribution is -2.39. The van der Waals surface area contributed by atoms with Gasteiger partial charge in [-0.25, -0.2) is 4.63 Å². The van der Waals surface area contributed by atoms with Gasteiger partial charge in [-0.15, -0.1) is 0 Å². The van der Waals surface area contributed by atoms with Crippen LogP contribution in [-0.2, 0) is 21.4 Å². The Bertz CT molecular complexity index is 1670. The van der Waals surface area contributed by atoms with Gasteiger partial charge in [0.2, 0.25) is 10.9 Å². The summed E-state index contributed by atoms with van der Waals surface area (Å²) in [5.74, 6) is 0.988. The fourth-order valence-electron chi connectivity index (χ4n) is 5.59. The van der Waals surface area contributed by atoms with Crippen LogP contribution in [0, 0.1) is 5.92 Å². The van der Waals surface area contributed by atoms with Gasteiger partial charge >= 0.3 is 0 Å². The van der Waals surface area contributed by atoms with Crippen molar-refractivity contribution >= 4 is 33.2 Å². The molecule has 1 amide bonds. The molecule has 232 valence electrons. The number of halogens is 1. The summed E-state index contributed by atoms with van der Waals surface area (Å²) < 4.78 is 39.8. The van der Waals surface area contributed by atoms with Crippen LogP contribution in [0.1, 0.15) is 55.5 Å². The van der Waals surface area contributed by atoms with Crippen LogP contribution in [0.4, 0.5) is 5.69 Å². The molecule has 44 heavy (non-hydrogen) atoms. The maximum atomic E-state index is 14.0. The van der Waals surface area contributed by atoms with Gasteiger partial charge in [0.1, 0.15) is 11.9 Å². The predicted molar refractivity (Wildman–Crippen MR) is 168 cm³/mol. The highest BCUT2D eigenvalue weighted by atomic mass is 35.5. The van der Waals surface area contributed by atoms with E-state index in [0.29, 0.717) is 29.5 Å². The largest absolute Gasteiger partial charge is 0.493 e. The van der Waals surface area contributed by atoms with Crippen molar-refractivity contribution in [2.45, 2.75) is 50.3 Å². The number of carbonyl (C=O) groups excluding carboxylic acids is 1. The van der Waals surface area contributed by atoms with Crippen molar-refractivity contribution in [2.24, 2.45) is 5.92 Å². The van der Waals surface area contributed by atoms with Crippen LogP contribution < -0.4 is 14.4 Å². The average Bonchev–Trinajstić information content (AvgIpc) is 3.53. The van der Waals surface area contributed by atoms with E-state index >= 15 is 0 Å². The molecule has 5 rings (SSSR count). The van der Waals surface area contributed by atoms with E-state index in [1.54, 1.807) is 42.5 Å². The molecule has 0 bridgehead atoms. The molecular weight excluding hydrogens is 602 g/mol. The van der Waals surface area contributed by atoms with E-state index in [2.05, 4.69) is 52.1 Å². The van der Waals surface area contributed by atoms with Crippen LogP contribution in [0.25, 0.3) is 0 Å². The second-order valence-electron chi connectivity index (χ2n) is 11.4. The number of hydrogen-bond donors (Lipinski definition) is 1. The number of carbonyl (C=O) groups is 1. The molecule has 0 saturated heterocycles. The number of ether oxygens (including phenoxy) is 1. The van der Waals surface area contributed by atoms with Gasteiger partial charge in [0.15, 0.2) is 0 Å². The molecule has 10 nitrogen and oxygen atoms in total. The first-order valence-corrected chi connectivity index (χ1v) is 16.3. The lowest BCUT2D eigenvalue weighted by molar-refractivity contribution is -0.122. The number of sulfonamides is 1. The van der Waals surface area contributed by atoms with Gasteiger partial charge in [-0.2, -0.15) is 8.42 Å². The van der Waals surface area contributed by atoms with Crippen LogP contribution in [0.2, 0.25) is 5.02 Å². The zero-order valence-corrected chi connectivity index (χ0v) is 26.5. The molecule has 0 aliphatic carbocycles. The Kier molecular flexibility index (Phi) is 9.87. The molecule has 0 spiro atoms. The summed E-state index contributed by atoms with van der Waals surface area (Å²) in [7, 11) is -2.23. The van der Waals surface area contributed by atoms with Gasteiger partial charge in [-0.05, 0) is 53.5 Å². The first-order chi connectivity index (χ1) is 21.1. The second-order valence-corrected chi connectivity index (χ2v) is 13.6. The van der Waals surface area contributed by atoms with Gasteiger partial charge in [0.25, 0.3) is 10.0 Å². The summed E-state index contributed by atoms with van der Waals surface area (Å²) in [6.07, 6.45) is 1.44. The number of nitrogens with one attached hydrogen (secondary N) is 1. The van der Waals surface area contributed by atoms with Gasteiger partial charge in [0, 0.05) is 30.1 Å². The third-order valence-electron chi connectivity index (χ3n) is 7.36. The fourth-order valence-corrected chi connectivity index (χ4v) is 7.20. The molecule has 0 radical (unpaired) electrons. The van der Waals surface area contributed by atoms with E-state index in [-0.39, 0.29) is 29.1 Å². The van der Waals surface area contributed by atoms with Crippen molar-refractivity contribution in [1.82, 2.24) is 20.5 Å². The Morgan fingerprint density at radius 2 is 1.89 bits per heavy atom. The molecular formula is C32H36ClN5O5S. The maximum absolute atomic E-state index is 14.0. The third-order valence-corrected chi connectivity index (χ3v) is 9.28. The lowest BCUT2D eigenvalue weighted by Gasteiger charge is -2.33. The van der Waals surface area contributed by atoms with Crippen LogP contribution in [0.15, 0.2) is 88.6 Å². The number of nitrogens with zero attached hydrogens (tertiary/aromatic N) is 4. The first-order valence-electron chi connectivity index (χ1n) is 14.5. The highest BCUT2D eigenvalue weighted by Crippen LogP contribution is 2.37. The minimum Gasteiger partial charge on any atom is -0.493 e. The average molecular weight is 638 g/mol. The number of fused-ring (bicyclic) bond motifs is 1. The van der Waals surface area contributed by atoms with Crippen molar-refractivity contribution in [2.75, 3.05) is 24.5 Å². The van der Waals surface area contributed by atoms with Crippen molar-refractivity contribution in [3.63, 3.8) is 0 Å². The van der Waals surface area contributed by atoms with E-state index in [4.69, 9.17) is 16.3 Å². The SMILES string of the molecule is CC(C)CN(C)Cc1ccc2c(c1)OCCC2NC(=O)CC(c1ccccc1)N(c1cccc(Cl)c1)S(=O)(=O)c1cnon1. The Morgan fingerprint density at radius 3 is 2.59 bits per heavy atom. The zero-order chi connectivity index (χ0) is 31.3. The smallest absolute Gasteiger partial charge is 0.287 e. The van der Waals surface area contributed by atoms with Crippen molar-refractivity contribution in [1.29, 1.82) is 0 Å². The molecule has 4 aromatic rings. The van der Waals surface area contributed by atoms with E-state index in [9.17, 15) is 13.2 Å². The normalized spacial score (nSPS) is 15.5. The quantitative estimate of drug-likeness (QED) is 0.208. The highest BCUT2D eigenvalue weighted by molar-refractivity contribution is 7.92. The van der Waals surface area contributed by atoms with Gasteiger partial charge in [-0.3, -0.25) is 9.10 Å². The highest BCUT2D eigenvalue weighted by Gasteiger charge is 2.37. The summed E-state index contributed by atoms with van der Waals surface area (Å²) in [4.78, 5) is 16.1. The molecule has 1 aliphatic rings. The van der Waals surface area contributed by atoms with Gasteiger partial charge < -0.3 is 15.0 Å². The number of aromatic nitrogens is 2. The molecule has 2 unspecified atom stereocenters. The molecule has 0 saturated carbocycles. The fraction of sp³-hybridized carbons (Fsp3) is 0.344. The first kappa shape index (κ1) is 31.5. The third kappa shape index (κ3) is 7.40. The van der Waals surface area contributed by atoms with Crippen LogP contribution in [0.3, 0.4) is 0 Å². The van der Waals surface area contributed by atoms with Gasteiger partial charge in [-0.1, -0.05) is 79.1 Å². The number of hydrogen-bond acceptors (Lipinski definition) is 8. The molecule has 12 heteroatoms. The maximum Gasteiger partial charge on any atom is 0.287 e. The minimum atomic E-state index is -4.32. The van der Waals surface area contributed by atoms with Gasteiger partial charge in [0.05, 0.1) is 30.8 Å². The molecule has 1 aromatic heterocycles. The molecule has 0 fully saturated rings. The predicted octanol–water partition coefficient (Wildman–Crippen LogP) is 5.78. The Labute approximate surface area is 263 Å². The summed E-state index contributed by atoms with van der Waals surface area (Å²) in [6.45, 7) is 6.61. The van der Waals surface area contributed by atoms with E-state index in [1.165, 1.54) is 6.07 Å². The Balaban J connectivity index is 1.43. The monoisotopic (exact) mass is 637 g/mol. The summed E-state index contributed by atoms with van der Waals surface area (Å²) >= 11 is 6.30. The molecule has 2 heterocycles. The number of rotatable bonds is 12. The Morgan fingerprint density at radius 1 is 1.09 bits per heavy atom. The summed E-state index contributed by atoms with van der Waals surface area (Å²) in [5, 5.41) is 10.2. The molecule has 3 aromatic carbocycles. The lowest BCUT2D eigenvalue weighted by atomic mass is 9.97. The zero-order valence-electron chi connectivity index (χ0n) is 24.9. The van der Waals surface area contributed by atoms with Crippen molar-refractivity contribution in [3.8, 4) is 5.75 Å². The second kappa shape index (κ2) is 13.8. The standard InChI is InChI=1S/C32H36ClN5O5S/c1-22(2)20-37(3)21-23-12-13-27-28(14-15-42-30(27)16-23)35-31(39)18-29(24-8-5-4-6-9-24)38(26-11-7-10-25(33)17-26)44(40,41)32-19-34-43-36-32/h4-13,16-17,19,22,28-29H,14-15,18,20-21H2,1-3H3,(H,35,39). The van der Waals surface area contributed by atoms with E-state index < -0.39 is 16.1 Å². The van der Waals surface area contributed by atoms with Crippen molar-refractivity contribution < 1.29 is 22.6 Å². The summed E-state index contributed by atoms with van der Waals surface area (Å²) in [5.41, 5.74) is 2.91. The molecule has 2 atom stereocenters. The molecule has 1 aliphatic heterocycles. The number of benzene rings is 3. The minimum absolute atomic E-state index is 0.175. The number of amides is 1. The topological polar surface area (TPSA) is 118 Å². The van der Waals surface area contributed by atoms with Crippen LogP contribution in [-0.4, -0.2) is 49.7 Å². The Hall–Kier alpha value is -3.93. The van der Waals surface area contributed by atoms with Crippen LogP contribution >= 0.6 is 11.6 Å². The van der Waals surface area contributed by atoms with E-state index in [0.717, 1.165) is 40.5 Å².